The van der Waals surface area contributed by atoms with Gasteiger partial charge in [0.1, 0.15) is 11.3 Å². The second-order valence-electron chi connectivity index (χ2n) is 4.83. The van der Waals surface area contributed by atoms with Gasteiger partial charge in [0.05, 0.1) is 0 Å². The lowest BCUT2D eigenvalue weighted by molar-refractivity contribution is -0.127. The van der Waals surface area contributed by atoms with Crippen LogP contribution in [0.1, 0.15) is 31.1 Å². The summed E-state index contributed by atoms with van der Waals surface area (Å²) in [5.74, 6) is -1.90. The van der Waals surface area contributed by atoms with E-state index < -0.39 is 24.0 Å². The lowest BCUT2D eigenvalue weighted by Gasteiger charge is -2.14. The van der Waals surface area contributed by atoms with E-state index in [1.165, 1.54) is 19.1 Å². The van der Waals surface area contributed by atoms with Gasteiger partial charge in [-0.15, -0.1) is 0 Å². The quantitative estimate of drug-likeness (QED) is 0.700. The van der Waals surface area contributed by atoms with Crippen molar-refractivity contribution >= 4 is 33.8 Å². The van der Waals surface area contributed by atoms with Crippen LogP contribution in [0.3, 0.4) is 0 Å². The summed E-state index contributed by atoms with van der Waals surface area (Å²) in [4.78, 5) is 35.0. The highest BCUT2D eigenvalue weighted by Gasteiger charge is 2.22. The molecule has 0 aliphatic carbocycles. The third-order valence-corrected chi connectivity index (χ3v) is 2.98. The number of phenols is 1. The van der Waals surface area contributed by atoms with E-state index in [1.54, 1.807) is 19.9 Å². The Hall–Kier alpha value is -2.09. The number of hydrogen-bond acceptors (Lipinski definition) is 5. The van der Waals surface area contributed by atoms with Crippen LogP contribution in [0.25, 0.3) is 0 Å². The Labute approximate surface area is 136 Å². The Morgan fingerprint density at radius 1 is 1.23 bits per heavy atom. The maximum atomic E-state index is 11.9. The Morgan fingerprint density at radius 3 is 2.45 bits per heavy atom. The summed E-state index contributed by atoms with van der Waals surface area (Å²) in [6.45, 7) is 4.80. The molecule has 1 atom stereocenters. The fourth-order valence-corrected chi connectivity index (χ4v) is 1.82. The zero-order valence-corrected chi connectivity index (χ0v) is 13.9. The van der Waals surface area contributed by atoms with Crippen LogP contribution in [0.5, 0.6) is 5.75 Å². The molecule has 1 aromatic carbocycles. The van der Waals surface area contributed by atoms with E-state index in [0.717, 1.165) is 0 Å². The van der Waals surface area contributed by atoms with Crippen molar-refractivity contribution in [2.24, 2.45) is 0 Å². The number of rotatable bonds is 4. The van der Waals surface area contributed by atoms with Crippen molar-refractivity contribution in [1.82, 2.24) is 10.6 Å². The van der Waals surface area contributed by atoms with E-state index >= 15 is 0 Å². The molecule has 0 unspecified atom stereocenters. The summed E-state index contributed by atoms with van der Waals surface area (Å²) in [6.07, 6.45) is -1.19. The van der Waals surface area contributed by atoms with E-state index in [0.29, 0.717) is 4.47 Å². The van der Waals surface area contributed by atoms with Crippen molar-refractivity contribution in [3.05, 3.63) is 28.2 Å². The van der Waals surface area contributed by atoms with Crippen LogP contribution in [0.15, 0.2) is 22.7 Å². The van der Waals surface area contributed by atoms with Crippen molar-refractivity contribution in [1.29, 1.82) is 0 Å². The number of carbonyl (C=O) groups excluding carboxylic acids is 3. The molecule has 0 bridgehead atoms. The molecule has 0 saturated heterocycles. The Balaban J connectivity index is 2.65. The van der Waals surface area contributed by atoms with Gasteiger partial charge in [0, 0.05) is 10.5 Å². The predicted octanol–water partition coefficient (Wildman–Crippen LogP) is 1.93. The number of amides is 3. The van der Waals surface area contributed by atoms with Crippen molar-refractivity contribution in [3.8, 4) is 5.75 Å². The minimum Gasteiger partial charge on any atom is -0.507 e. The highest BCUT2D eigenvalue weighted by atomic mass is 79.9. The van der Waals surface area contributed by atoms with Crippen LogP contribution in [0.4, 0.5) is 4.79 Å². The predicted molar refractivity (Wildman–Crippen MR) is 82.5 cm³/mol. The van der Waals surface area contributed by atoms with E-state index in [1.807, 2.05) is 0 Å². The van der Waals surface area contributed by atoms with Crippen LogP contribution in [-0.2, 0) is 9.53 Å². The van der Waals surface area contributed by atoms with Crippen molar-refractivity contribution < 1.29 is 24.2 Å². The molecule has 3 amide bonds. The standard InChI is InChI=1S/C14H17BrN2O5/c1-7(2)16-14(21)17-12(19)8(3)22-13(20)10-6-9(15)4-5-11(10)18/h4-8,18H,1-3H3,(H2,16,17,19,21)/t8-/m0/s1. The summed E-state index contributed by atoms with van der Waals surface area (Å²) in [6, 6.07) is 3.44. The molecule has 120 valence electrons. The lowest BCUT2D eigenvalue weighted by atomic mass is 10.2. The lowest BCUT2D eigenvalue weighted by Crippen LogP contribution is -2.46. The molecular weight excluding hydrogens is 356 g/mol. The van der Waals surface area contributed by atoms with Crippen LogP contribution < -0.4 is 10.6 Å². The Morgan fingerprint density at radius 2 is 1.86 bits per heavy atom. The van der Waals surface area contributed by atoms with Gasteiger partial charge in [0.2, 0.25) is 0 Å². The molecular formula is C14H17BrN2O5. The first-order chi connectivity index (χ1) is 10.2. The number of urea groups is 1. The minimum absolute atomic E-state index is 0.0827. The van der Waals surface area contributed by atoms with Crippen molar-refractivity contribution in [2.45, 2.75) is 32.9 Å². The monoisotopic (exact) mass is 372 g/mol. The number of hydrogen-bond donors (Lipinski definition) is 3. The largest absolute Gasteiger partial charge is 0.507 e. The normalized spacial score (nSPS) is 11.7. The zero-order valence-electron chi connectivity index (χ0n) is 12.3. The first-order valence-corrected chi connectivity index (χ1v) is 7.31. The van der Waals surface area contributed by atoms with Crippen LogP contribution in [0.2, 0.25) is 0 Å². The van der Waals surface area contributed by atoms with Gasteiger partial charge in [-0.2, -0.15) is 0 Å². The Kier molecular flexibility index (Phi) is 6.36. The summed E-state index contributed by atoms with van der Waals surface area (Å²) in [5.41, 5.74) is -0.0827. The third kappa shape index (κ3) is 5.36. The van der Waals surface area contributed by atoms with Gasteiger partial charge < -0.3 is 15.2 Å². The number of nitrogens with one attached hydrogen (secondary N) is 2. The second-order valence-corrected chi connectivity index (χ2v) is 5.74. The number of phenolic OH excluding ortho intramolecular Hbond substituents is 1. The van der Waals surface area contributed by atoms with Crippen LogP contribution in [0, 0.1) is 0 Å². The summed E-state index contributed by atoms with van der Waals surface area (Å²) < 4.78 is 5.50. The summed E-state index contributed by atoms with van der Waals surface area (Å²) in [5, 5.41) is 14.1. The molecule has 1 rings (SSSR count). The van der Waals surface area contributed by atoms with Gasteiger partial charge in [0.25, 0.3) is 5.91 Å². The number of carbonyl (C=O) groups is 3. The second kappa shape index (κ2) is 7.79. The molecule has 0 spiro atoms. The number of esters is 1. The van der Waals surface area contributed by atoms with Crippen LogP contribution in [-0.4, -0.2) is 35.2 Å². The molecule has 0 saturated carbocycles. The molecule has 0 fully saturated rings. The van der Waals surface area contributed by atoms with Gasteiger partial charge in [-0.25, -0.2) is 9.59 Å². The number of halogens is 1. The Bertz CT molecular complexity index is 589. The van der Waals surface area contributed by atoms with E-state index in [4.69, 9.17) is 4.74 Å². The van der Waals surface area contributed by atoms with E-state index in [-0.39, 0.29) is 17.4 Å². The number of ether oxygens (including phenoxy) is 1. The maximum absolute atomic E-state index is 11.9. The number of benzene rings is 1. The topological polar surface area (TPSA) is 105 Å². The SMILES string of the molecule is CC(C)NC(=O)NC(=O)[C@H](C)OC(=O)c1cc(Br)ccc1O. The molecule has 3 N–H and O–H groups in total. The molecule has 0 aromatic heterocycles. The fraction of sp³-hybridized carbons (Fsp3) is 0.357. The molecule has 0 heterocycles. The average molecular weight is 373 g/mol. The number of aromatic hydroxyl groups is 1. The summed E-state index contributed by atoms with van der Waals surface area (Å²) >= 11 is 3.16. The van der Waals surface area contributed by atoms with Crippen molar-refractivity contribution in [3.63, 3.8) is 0 Å². The number of imide groups is 1. The molecule has 0 aliphatic rings. The molecule has 22 heavy (non-hydrogen) atoms. The molecule has 8 heteroatoms. The van der Waals surface area contributed by atoms with Gasteiger partial charge in [-0.05, 0) is 39.0 Å². The smallest absolute Gasteiger partial charge is 0.342 e. The minimum atomic E-state index is -1.19. The molecule has 1 aromatic rings. The zero-order chi connectivity index (χ0) is 16.9. The van der Waals surface area contributed by atoms with Gasteiger partial charge in [0.15, 0.2) is 6.10 Å². The van der Waals surface area contributed by atoms with Crippen molar-refractivity contribution in [2.75, 3.05) is 0 Å². The molecule has 0 aliphatic heterocycles. The summed E-state index contributed by atoms with van der Waals surface area (Å²) in [7, 11) is 0. The maximum Gasteiger partial charge on any atom is 0.342 e. The van der Waals surface area contributed by atoms with E-state index in [2.05, 4.69) is 26.6 Å². The van der Waals surface area contributed by atoms with Gasteiger partial charge in [-0.3, -0.25) is 10.1 Å². The third-order valence-electron chi connectivity index (χ3n) is 2.49. The highest BCUT2D eigenvalue weighted by Crippen LogP contribution is 2.22. The first-order valence-electron chi connectivity index (χ1n) is 6.51. The van der Waals surface area contributed by atoms with Gasteiger partial charge >= 0.3 is 12.0 Å². The fourth-order valence-electron chi connectivity index (χ4n) is 1.46. The molecule has 0 radical (unpaired) electrons. The van der Waals surface area contributed by atoms with Crippen LogP contribution >= 0.6 is 15.9 Å². The molecule has 7 nitrogen and oxygen atoms in total. The highest BCUT2D eigenvalue weighted by molar-refractivity contribution is 9.10. The van der Waals surface area contributed by atoms with Gasteiger partial charge in [-0.1, -0.05) is 15.9 Å². The average Bonchev–Trinajstić information content (AvgIpc) is 2.40. The first kappa shape index (κ1) is 18.0. The van der Waals surface area contributed by atoms with E-state index in [9.17, 15) is 19.5 Å².